The van der Waals surface area contributed by atoms with E-state index in [9.17, 15) is 15.0 Å². The number of fused-ring (bicyclic) bond motifs is 1. The highest BCUT2D eigenvalue weighted by Gasteiger charge is 2.45. The molecule has 4 N–H and O–H groups in total. The molecule has 1 saturated heterocycles. The predicted octanol–water partition coefficient (Wildman–Crippen LogP) is 4.32. The number of ether oxygens (including phenoxy) is 3. The third kappa shape index (κ3) is 7.72. The molecule has 1 unspecified atom stereocenters. The molecule has 1 aliphatic heterocycles. The van der Waals surface area contributed by atoms with E-state index in [-0.39, 0.29) is 17.9 Å². The number of aromatic nitrogens is 1. The van der Waals surface area contributed by atoms with Crippen molar-refractivity contribution in [2.75, 3.05) is 53.6 Å². The molecule has 1 aromatic heterocycles. The van der Waals surface area contributed by atoms with Gasteiger partial charge in [-0.15, -0.1) is 0 Å². The van der Waals surface area contributed by atoms with E-state index in [4.69, 9.17) is 25.8 Å². The van der Waals surface area contributed by atoms with E-state index in [2.05, 4.69) is 15.2 Å². The van der Waals surface area contributed by atoms with Crippen LogP contribution in [-0.4, -0.2) is 79.8 Å². The Balaban J connectivity index is 1.26. The van der Waals surface area contributed by atoms with E-state index in [1.807, 2.05) is 20.1 Å². The monoisotopic (exact) mass is 587 g/mol. The van der Waals surface area contributed by atoms with Crippen LogP contribution in [0.5, 0.6) is 5.75 Å². The zero-order valence-electron chi connectivity index (χ0n) is 24.1. The van der Waals surface area contributed by atoms with Crippen LogP contribution in [0.25, 0.3) is 10.9 Å². The Hall–Kier alpha value is -2.82. The van der Waals surface area contributed by atoms with Gasteiger partial charge < -0.3 is 34.7 Å². The number of halogens is 1. The largest absolute Gasteiger partial charge is 0.506 e. The number of hydrogen-bond acceptors (Lipinski definition) is 8. The van der Waals surface area contributed by atoms with E-state index >= 15 is 0 Å². The molecule has 10 heteroatoms. The summed E-state index contributed by atoms with van der Waals surface area (Å²) in [5, 5.41) is 24.8. The van der Waals surface area contributed by atoms with Gasteiger partial charge in [-0.2, -0.15) is 0 Å². The van der Waals surface area contributed by atoms with Gasteiger partial charge in [-0.1, -0.05) is 23.7 Å². The van der Waals surface area contributed by atoms with Gasteiger partial charge in [0.1, 0.15) is 23.9 Å². The van der Waals surface area contributed by atoms with Gasteiger partial charge in [0.2, 0.25) is 5.56 Å². The molecular formula is C31H42ClN3O6. The molecule has 1 saturated carbocycles. The number of aliphatic hydroxyl groups excluding tert-OH is 1. The molecule has 224 valence electrons. The number of allylic oxidation sites excluding steroid dienone is 2. The van der Waals surface area contributed by atoms with E-state index in [1.54, 1.807) is 25.3 Å². The lowest BCUT2D eigenvalue weighted by atomic mass is 9.61. The van der Waals surface area contributed by atoms with Gasteiger partial charge in [0.25, 0.3) is 0 Å². The van der Waals surface area contributed by atoms with Gasteiger partial charge in [0.15, 0.2) is 0 Å². The molecule has 1 spiro atoms. The number of pyridine rings is 1. The lowest BCUT2D eigenvalue weighted by Crippen LogP contribution is -2.50. The van der Waals surface area contributed by atoms with Gasteiger partial charge in [-0.05, 0) is 68.8 Å². The second-order valence-electron chi connectivity index (χ2n) is 10.9. The molecule has 0 radical (unpaired) electrons. The van der Waals surface area contributed by atoms with Crippen LogP contribution in [-0.2, 0) is 14.2 Å². The fourth-order valence-electron chi connectivity index (χ4n) is 5.88. The van der Waals surface area contributed by atoms with Gasteiger partial charge in [-0.25, -0.2) is 0 Å². The average Bonchev–Trinajstić information content (AvgIpc) is 2.97. The van der Waals surface area contributed by atoms with Crippen molar-refractivity contribution >= 4 is 22.5 Å². The normalized spacial score (nSPS) is 19.4. The Labute approximate surface area is 246 Å². The van der Waals surface area contributed by atoms with Gasteiger partial charge in [0, 0.05) is 55.4 Å². The number of phenolic OH excluding ortho intramolecular Hbond substituents is 1. The van der Waals surface area contributed by atoms with Crippen LogP contribution in [0, 0.1) is 5.41 Å². The molecule has 2 fully saturated rings. The summed E-state index contributed by atoms with van der Waals surface area (Å²) in [6.07, 6.45) is 8.09. The summed E-state index contributed by atoms with van der Waals surface area (Å²) in [5.41, 5.74) is 3.35. The van der Waals surface area contributed by atoms with Crippen molar-refractivity contribution in [3.63, 3.8) is 0 Å². The predicted molar refractivity (Wildman–Crippen MR) is 161 cm³/mol. The lowest BCUT2D eigenvalue weighted by Gasteiger charge is -2.51. The first-order chi connectivity index (χ1) is 19.8. The van der Waals surface area contributed by atoms with Crippen LogP contribution in [0.2, 0.25) is 0 Å². The maximum atomic E-state index is 11.7. The lowest BCUT2D eigenvalue weighted by molar-refractivity contribution is -0.0886. The van der Waals surface area contributed by atoms with Crippen LogP contribution >= 0.6 is 11.6 Å². The number of phenols is 1. The molecular weight excluding hydrogens is 546 g/mol. The number of methoxy groups -OCH3 is 2. The summed E-state index contributed by atoms with van der Waals surface area (Å²) in [6, 6.07) is 6.09. The SMILES string of the molecule is C\C=C(CNCC(O)c1ccc(O)c2[nH]c(=O)ccc12)/C(=C\C(=C\Cl)OCCN1CCC2(CC1)CC(OC)C2)OC. The minimum Gasteiger partial charge on any atom is -0.506 e. The number of nitrogens with zero attached hydrogens (tertiary/aromatic N) is 1. The fraction of sp³-hybridized carbons (Fsp3) is 0.516. The quantitative estimate of drug-likeness (QED) is 0.202. The summed E-state index contributed by atoms with van der Waals surface area (Å²) >= 11 is 6.09. The summed E-state index contributed by atoms with van der Waals surface area (Å²) in [7, 11) is 3.40. The van der Waals surface area contributed by atoms with E-state index in [0.717, 1.165) is 25.2 Å². The standard InChI is InChI=1S/C31H42ClN3O6/c1-4-21(19-33-20-27(37)24-5-7-26(36)30-25(24)6-8-29(38)34-30)28(40-3)15-22(18-32)41-14-13-35-11-9-31(10-12-35)16-23(17-31)39-2/h4-8,15,18,23,27,33,36-37H,9-14,16-17,19-20H2,1-3H3,(H,34,38)/b21-4-,22-18-,28-15+. The maximum absolute atomic E-state index is 11.7. The van der Waals surface area contributed by atoms with Gasteiger partial charge in [-0.3, -0.25) is 9.69 Å². The number of benzene rings is 1. The second-order valence-corrected chi connectivity index (χ2v) is 11.1. The van der Waals surface area contributed by atoms with E-state index in [0.29, 0.717) is 52.7 Å². The van der Waals surface area contributed by atoms with Crippen molar-refractivity contribution in [3.8, 4) is 5.75 Å². The Morgan fingerprint density at radius 2 is 2.00 bits per heavy atom. The second kappa shape index (κ2) is 14.4. The first-order valence-electron chi connectivity index (χ1n) is 14.1. The smallest absolute Gasteiger partial charge is 0.248 e. The van der Waals surface area contributed by atoms with Crippen molar-refractivity contribution < 1.29 is 24.4 Å². The minimum absolute atomic E-state index is 0.0447. The van der Waals surface area contributed by atoms with Crippen LogP contribution in [0.4, 0.5) is 0 Å². The van der Waals surface area contributed by atoms with Crippen LogP contribution < -0.4 is 10.9 Å². The zero-order valence-corrected chi connectivity index (χ0v) is 24.9. The molecule has 0 amide bonds. The molecule has 2 aromatic rings. The molecule has 4 rings (SSSR count). The topological polar surface area (TPSA) is 116 Å². The zero-order chi connectivity index (χ0) is 29.4. The van der Waals surface area contributed by atoms with Crippen molar-refractivity contribution in [3.05, 3.63) is 75.0 Å². The molecule has 1 aliphatic carbocycles. The number of aromatic hydroxyl groups is 1. The maximum Gasteiger partial charge on any atom is 0.248 e. The highest BCUT2D eigenvalue weighted by atomic mass is 35.5. The van der Waals surface area contributed by atoms with E-state index < -0.39 is 6.10 Å². The molecule has 1 atom stereocenters. The summed E-state index contributed by atoms with van der Waals surface area (Å²) in [6.45, 7) is 6.11. The number of H-pyrrole nitrogens is 1. The highest BCUT2D eigenvalue weighted by Crippen LogP contribution is 2.50. The van der Waals surface area contributed by atoms with Crippen molar-refractivity contribution in [2.45, 2.75) is 44.8 Å². The third-order valence-electron chi connectivity index (χ3n) is 8.43. The molecule has 2 heterocycles. The fourth-order valence-corrected chi connectivity index (χ4v) is 6.00. The Morgan fingerprint density at radius 3 is 2.66 bits per heavy atom. The molecule has 41 heavy (non-hydrogen) atoms. The highest BCUT2D eigenvalue weighted by molar-refractivity contribution is 6.25. The summed E-state index contributed by atoms with van der Waals surface area (Å²) < 4.78 is 17.1. The minimum atomic E-state index is -0.867. The van der Waals surface area contributed by atoms with Crippen LogP contribution in [0.15, 0.2) is 63.8 Å². The first-order valence-corrected chi connectivity index (χ1v) is 14.6. The Morgan fingerprint density at radius 1 is 1.24 bits per heavy atom. The first kappa shape index (κ1) is 31.1. The van der Waals surface area contributed by atoms with Crippen molar-refractivity contribution in [2.24, 2.45) is 5.41 Å². The van der Waals surface area contributed by atoms with Gasteiger partial charge >= 0.3 is 0 Å². The van der Waals surface area contributed by atoms with Crippen LogP contribution in [0.1, 0.15) is 44.3 Å². The number of nitrogens with one attached hydrogen (secondary N) is 2. The number of rotatable bonds is 13. The van der Waals surface area contributed by atoms with Crippen molar-refractivity contribution in [1.29, 1.82) is 0 Å². The number of aromatic amines is 1. The molecule has 9 nitrogen and oxygen atoms in total. The molecule has 2 aliphatic rings. The summed E-state index contributed by atoms with van der Waals surface area (Å²) in [4.78, 5) is 16.7. The number of likely N-dealkylation sites (tertiary alicyclic amines) is 1. The Kier molecular flexibility index (Phi) is 10.9. The van der Waals surface area contributed by atoms with E-state index in [1.165, 1.54) is 43.4 Å². The van der Waals surface area contributed by atoms with Crippen molar-refractivity contribution in [1.82, 2.24) is 15.2 Å². The number of aliphatic hydroxyl groups is 1. The summed E-state index contributed by atoms with van der Waals surface area (Å²) in [5.74, 6) is 1.08. The Bertz CT molecular complexity index is 1320. The average molecular weight is 588 g/mol. The molecule has 1 aromatic carbocycles. The molecule has 0 bridgehead atoms. The number of piperidine rings is 1. The van der Waals surface area contributed by atoms with Crippen LogP contribution in [0.3, 0.4) is 0 Å². The number of hydrogen-bond donors (Lipinski definition) is 4. The van der Waals surface area contributed by atoms with Gasteiger partial charge in [0.05, 0.1) is 24.8 Å². The third-order valence-corrected chi connectivity index (χ3v) is 8.65.